The molecule has 2 aromatic heterocycles. The zero-order chi connectivity index (χ0) is 21.0. The molecule has 0 aliphatic rings. The highest BCUT2D eigenvalue weighted by Gasteiger charge is 2.24. The van der Waals surface area contributed by atoms with E-state index in [1.54, 1.807) is 13.8 Å². The van der Waals surface area contributed by atoms with Gasteiger partial charge in [0.25, 0.3) is 0 Å². The van der Waals surface area contributed by atoms with E-state index in [1.807, 2.05) is 37.3 Å². The summed E-state index contributed by atoms with van der Waals surface area (Å²) in [5.74, 6) is -0.0316. The number of benzene rings is 1. The lowest BCUT2D eigenvalue weighted by Crippen LogP contribution is -2.23. The number of nitrogens with zero attached hydrogens (tertiary/aromatic N) is 2. The molecule has 0 saturated heterocycles. The van der Waals surface area contributed by atoms with Gasteiger partial charge in [0, 0.05) is 6.54 Å². The number of anilines is 1. The van der Waals surface area contributed by atoms with Crippen LogP contribution in [0, 0.1) is 13.8 Å². The lowest BCUT2D eigenvalue weighted by atomic mass is 9.99. The van der Waals surface area contributed by atoms with Crippen molar-refractivity contribution in [3.63, 3.8) is 0 Å². The molecule has 1 aromatic carbocycles. The summed E-state index contributed by atoms with van der Waals surface area (Å²) in [5.41, 5.74) is 1.61. The van der Waals surface area contributed by atoms with Crippen LogP contribution >= 0.6 is 11.3 Å². The minimum Gasteiger partial charge on any atom is -0.468 e. The maximum Gasteiger partial charge on any atom is 0.348 e. The molecule has 3 rings (SSSR count). The minimum absolute atomic E-state index is 0.298. The van der Waals surface area contributed by atoms with E-state index in [4.69, 9.17) is 9.47 Å². The second kappa shape index (κ2) is 9.00. The molecule has 0 saturated carbocycles. The van der Waals surface area contributed by atoms with Crippen LogP contribution in [0.5, 0.6) is 0 Å². The number of fused-ring (bicyclic) bond motifs is 1. The highest BCUT2D eigenvalue weighted by Crippen LogP contribution is 2.34. The van der Waals surface area contributed by atoms with Crippen molar-refractivity contribution in [2.24, 2.45) is 0 Å². The van der Waals surface area contributed by atoms with Crippen LogP contribution in [0.3, 0.4) is 0 Å². The van der Waals surface area contributed by atoms with Gasteiger partial charge in [-0.3, -0.25) is 4.79 Å². The molecule has 3 aromatic rings. The summed E-state index contributed by atoms with van der Waals surface area (Å²) in [4.78, 5) is 34.8. The Balaban J connectivity index is 1.96. The Hall–Kier alpha value is -3.00. The van der Waals surface area contributed by atoms with Crippen molar-refractivity contribution < 1.29 is 19.1 Å². The third-order valence-corrected chi connectivity index (χ3v) is 5.69. The highest BCUT2D eigenvalue weighted by atomic mass is 32.1. The maximum absolute atomic E-state index is 12.3. The van der Waals surface area contributed by atoms with Crippen LogP contribution < -0.4 is 5.32 Å². The van der Waals surface area contributed by atoms with Gasteiger partial charge >= 0.3 is 11.9 Å². The highest BCUT2D eigenvalue weighted by molar-refractivity contribution is 7.20. The number of hydrogen-bond donors (Lipinski definition) is 1. The molecule has 2 heterocycles. The molecule has 0 aliphatic heterocycles. The maximum atomic E-state index is 12.3. The van der Waals surface area contributed by atoms with Gasteiger partial charge in [0.05, 0.1) is 25.0 Å². The molecule has 29 heavy (non-hydrogen) atoms. The van der Waals surface area contributed by atoms with E-state index in [9.17, 15) is 9.59 Å². The number of aromatic nitrogens is 2. The molecule has 0 bridgehead atoms. The van der Waals surface area contributed by atoms with Crippen LogP contribution in [0.25, 0.3) is 10.2 Å². The van der Waals surface area contributed by atoms with E-state index in [0.29, 0.717) is 34.5 Å². The van der Waals surface area contributed by atoms with Gasteiger partial charge in [0.1, 0.15) is 21.3 Å². The monoisotopic (exact) mass is 413 g/mol. The first kappa shape index (κ1) is 20.7. The lowest BCUT2D eigenvalue weighted by Gasteiger charge is -2.17. The van der Waals surface area contributed by atoms with Gasteiger partial charge < -0.3 is 14.8 Å². The van der Waals surface area contributed by atoms with Crippen LogP contribution in [0.15, 0.2) is 30.3 Å². The average Bonchev–Trinajstić information content (AvgIpc) is 3.05. The van der Waals surface area contributed by atoms with Crippen LogP contribution in [-0.4, -0.2) is 42.2 Å². The number of carbonyl (C=O) groups excluding carboxylic acids is 2. The van der Waals surface area contributed by atoms with Gasteiger partial charge in [-0.05, 0) is 31.9 Å². The van der Waals surface area contributed by atoms with E-state index < -0.39 is 5.92 Å². The van der Waals surface area contributed by atoms with Gasteiger partial charge in [-0.15, -0.1) is 11.3 Å². The van der Waals surface area contributed by atoms with E-state index in [1.165, 1.54) is 18.4 Å². The summed E-state index contributed by atoms with van der Waals surface area (Å²) < 4.78 is 10.1. The van der Waals surface area contributed by atoms with Crippen LogP contribution in [0.1, 0.15) is 39.5 Å². The summed E-state index contributed by atoms with van der Waals surface area (Å²) in [7, 11) is 1.37. The van der Waals surface area contributed by atoms with Gasteiger partial charge in [-0.1, -0.05) is 30.3 Å². The Bertz CT molecular complexity index is 1030. The first-order valence-corrected chi connectivity index (χ1v) is 10.1. The summed E-state index contributed by atoms with van der Waals surface area (Å²) in [6.07, 6.45) is 0. The molecule has 1 N–H and O–H groups in total. The number of rotatable bonds is 7. The summed E-state index contributed by atoms with van der Waals surface area (Å²) >= 11 is 1.28. The van der Waals surface area contributed by atoms with Gasteiger partial charge in [0.15, 0.2) is 0 Å². The number of methoxy groups -OCH3 is 1. The van der Waals surface area contributed by atoms with Gasteiger partial charge in [-0.25, -0.2) is 14.8 Å². The van der Waals surface area contributed by atoms with Gasteiger partial charge in [-0.2, -0.15) is 0 Å². The molecule has 0 spiro atoms. The first-order valence-electron chi connectivity index (χ1n) is 9.27. The van der Waals surface area contributed by atoms with Crippen LogP contribution in [0.4, 0.5) is 5.82 Å². The summed E-state index contributed by atoms with van der Waals surface area (Å²) in [5, 5.41) is 4.03. The normalized spacial score (nSPS) is 11.9. The molecule has 152 valence electrons. The number of carbonyl (C=O) groups is 2. The third kappa shape index (κ3) is 4.37. The number of nitrogens with one attached hydrogen (secondary N) is 1. The largest absolute Gasteiger partial charge is 0.468 e. The SMILES string of the molecule is CCOC(=O)c1sc2nc(C)nc(NC[C@H](C(=O)OC)c3ccccc3)c2c1C. The quantitative estimate of drug-likeness (QED) is 0.588. The molecule has 1 atom stereocenters. The second-order valence-electron chi connectivity index (χ2n) is 6.44. The Morgan fingerprint density at radius 2 is 1.90 bits per heavy atom. The average molecular weight is 413 g/mol. The fourth-order valence-corrected chi connectivity index (χ4v) is 4.25. The number of aryl methyl sites for hydroxylation is 2. The number of esters is 2. The fourth-order valence-electron chi connectivity index (χ4n) is 3.13. The zero-order valence-electron chi connectivity index (χ0n) is 16.8. The van der Waals surface area contributed by atoms with E-state index in [2.05, 4.69) is 15.3 Å². The van der Waals surface area contributed by atoms with E-state index in [0.717, 1.165) is 16.5 Å². The number of hydrogen-bond acceptors (Lipinski definition) is 8. The topological polar surface area (TPSA) is 90.4 Å². The molecular weight excluding hydrogens is 390 g/mol. The summed E-state index contributed by atoms with van der Waals surface area (Å²) in [6, 6.07) is 9.44. The smallest absolute Gasteiger partial charge is 0.348 e. The Morgan fingerprint density at radius 1 is 1.17 bits per heavy atom. The van der Waals surface area contributed by atoms with Crippen LogP contribution in [0.2, 0.25) is 0 Å². The number of ether oxygens (including phenoxy) is 2. The van der Waals surface area contributed by atoms with Gasteiger partial charge in [0.2, 0.25) is 0 Å². The molecule has 7 nitrogen and oxygen atoms in total. The minimum atomic E-state index is -0.491. The molecule has 0 unspecified atom stereocenters. The van der Waals surface area contributed by atoms with Crippen molar-refractivity contribution in [3.05, 3.63) is 52.2 Å². The Morgan fingerprint density at radius 3 is 2.55 bits per heavy atom. The second-order valence-corrected chi connectivity index (χ2v) is 7.44. The predicted molar refractivity (Wildman–Crippen MR) is 113 cm³/mol. The molecular formula is C21H23N3O4S. The van der Waals surface area contributed by atoms with Crippen molar-refractivity contribution in [1.29, 1.82) is 0 Å². The summed E-state index contributed by atoms with van der Waals surface area (Å²) in [6.45, 7) is 6.02. The van der Waals surface area contributed by atoms with E-state index in [-0.39, 0.29) is 11.9 Å². The number of thiophene rings is 1. The molecule has 0 radical (unpaired) electrons. The van der Waals surface area contributed by atoms with E-state index >= 15 is 0 Å². The van der Waals surface area contributed by atoms with Crippen molar-refractivity contribution in [3.8, 4) is 0 Å². The Kier molecular flexibility index (Phi) is 6.43. The van der Waals surface area contributed by atoms with Crippen LogP contribution in [-0.2, 0) is 14.3 Å². The zero-order valence-corrected chi connectivity index (χ0v) is 17.6. The molecule has 8 heteroatoms. The lowest BCUT2D eigenvalue weighted by molar-refractivity contribution is -0.142. The standard InChI is InChI=1S/C21H23N3O4S/c1-5-28-21(26)17-12(2)16-18(23-13(3)24-19(16)29-17)22-11-15(20(25)27-4)14-9-7-6-8-10-14/h6-10,15H,5,11H2,1-4H3,(H,22,23,24)/t15-/m0/s1. The molecule has 0 aliphatic carbocycles. The van der Waals surface area contributed by atoms with Crippen molar-refractivity contribution in [1.82, 2.24) is 9.97 Å². The van der Waals surface area contributed by atoms with Crippen molar-refractivity contribution in [2.45, 2.75) is 26.7 Å². The van der Waals surface area contributed by atoms with Crippen molar-refractivity contribution >= 4 is 39.3 Å². The third-order valence-electron chi connectivity index (χ3n) is 4.52. The fraction of sp³-hybridized carbons (Fsp3) is 0.333. The predicted octanol–water partition coefficient (Wildman–Crippen LogP) is 3.85. The molecule has 0 fully saturated rings. The first-order chi connectivity index (χ1) is 14.0. The Labute approximate surface area is 173 Å². The molecule has 0 amide bonds. The van der Waals surface area contributed by atoms with Crippen molar-refractivity contribution in [2.75, 3.05) is 25.6 Å².